The first-order valence-electron chi connectivity index (χ1n) is 8.65. The Balaban J connectivity index is 1.84. The Morgan fingerprint density at radius 1 is 1.28 bits per heavy atom. The van der Waals surface area contributed by atoms with Gasteiger partial charge in [0.2, 0.25) is 10.0 Å². The first-order chi connectivity index (χ1) is 12.1. The molecular formula is C16H24N4O3S2. The molecule has 0 spiro atoms. The monoisotopic (exact) mass is 384 g/mol. The van der Waals surface area contributed by atoms with Gasteiger partial charge >= 0.3 is 0 Å². The second-order valence-electron chi connectivity index (χ2n) is 5.96. The quantitative estimate of drug-likeness (QED) is 0.683. The lowest BCUT2D eigenvalue weighted by Gasteiger charge is -2.21. The SMILES string of the molecule is CCN(CC)S(=O)(=O)c1ccc2nnc(SC[C@H]3CCCCO3)n2c1. The van der Waals surface area contributed by atoms with Gasteiger partial charge in [-0.25, -0.2) is 8.42 Å². The summed E-state index contributed by atoms with van der Waals surface area (Å²) < 4.78 is 34.4. The Morgan fingerprint density at radius 2 is 2.08 bits per heavy atom. The van der Waals surface area contributed by atoms with Crippen LogP contribution in [0.5, 0.6) is 0 Å². The van der Waals surface area contributed by atoms with Crippen LogP contribution in [0, 0.1) is 0 Å². The zero-order valence-electron chi connectivity index (χ0n) is 14.6. The maximum absolute atomic E-state index is 12.7. The van der Waals surface area contributed by atoms with Crippen LogP contribution in [0.1, 0.15) is 33.1 Å². The molecule has 0 saturated carbocycles. The van der Waals surface area contributed by atoms with Gasteiger partial charge in [-0.05, 0) is 31.4 Å². The fourth-order valence-corrected chi connectivity index (χ4v) is 5.36. The van der Waals surface area contributed by atoms with Crippen molar-refractivity contribution in [3.63, 3.8) is 0 Å². The standard InChI is InChI=1S/C16H24N4O3S2/c1-3-19(4-2)25(21,22)14-8-9-15-17-18-16(20(15)11-14)24-12-13-7-5-6-10-23-13/h8-9,11,13H,3-7,10,12H2,1-2H3/t13-/m1/s1. The summed E-state index contributed by atoms with van der Waals surface area (Å²) in [5.41, 5.74) is 0.644. The number of thioether (sulfide) groups is 1. The molecule has 1 aliphatic rings. The topological polar surface area (TPSA) is 76.8 Å². The van der Waals surface area contributed by atoms with E-state index in [4.69, 9.17) is 4.74 Å². The summed E-state index contributed by atoms with van der Waals surface area (Å²) in [5, 5.41) is 9.03. The van der Waals surface area contributed by atoms with Crippen molar-refractivity contribution in [2.45, 2.75) is 49.3 Å². The molecule has 3 rings (SSSR count). The molecule has 3 heterocycles. The van der Waals surface area contributed by atoms with Crippen LogP contribution >= 0.6 is 11.8 Å². The lowest BCUT2D eigenvalue weighted by molar-refractivity contribution is 0.0315. The van der Waals surface area contributed by atoms with Crippen LogP contribution in [-0.4, -0.2) is 58.9 Å². The summed E-state index contributed by atoms with van der Waals surface area (Å²) in [4.78, 5) is 0.263. The lowest BCUT2D eigenvalue weighted by Crippen LogP contribution is -2.30. The fraction of sp³-hybridized carbons (Fsp3) is 0.625. The summed E-state index contributed by atoms with van der Waals surface area (Å²) in [6, 6.07) is 3.29. The molecule has 0 aromatic carbocycles. The molecule has 0 radical (unpaired) electrons. The van der Waals surface area contributed by atoms with Gasteiger partial charge in [0.05, 0.1) is 11.0 Å². The maximum atomic E-state index is 12.7. The van der Waals surface area contributed by atoms with Crippen LogP contribution in [-0.2, 0) is 14.8 Å². The van der Waals surface area contributed by atoms with E-state index >= 15 is 0 Å². The van der Waals surface area contributed by atoms with E-state index in [0.29, 0.717) is 23.9 Å². The van der Waals surface area contributed by atoms with Crippen molar-refractivity contribution < 1.29 is 13.2 Å². The molecule has 25 heavy (non-hydrogen) atoms. The van der Waals surface area contributed by atoms with Crippen molar-refractivity contribution in [2.24, 2.45) is 0 Å². The van der Waals surface area contributed by atoms with Gasteiger partial charge in [-0.2, -0.15) is 4.31 Å². The second kappa shape index (κ2) is 8.03. The van der Waals surface area contributed by atoms with Crippen molar-refractivity contribution in [1.82, 2.24) is 18.9 Å². The molecule has 0 bridgehead atoms. The van der Waals surface area contributed by atoms with Crippen molar-refractivity contribution >= 4 is 27.4 Å². The van der Waals surface area contributed by atoms with E-state index in [1.807, 2.05) is 13.8 Å². The van der Waals surface area contributed by atoms with Crippen molar-refractivity contribution in [3.05, 3.63) is 18.3 Å². The number of fused-ring (bicyclic) bond motifs is 1. The number of hydrogen-bond donors (Lipinski definition) is 0. The molecule has 0 N–H and O–H groups in total. The second-order valence-corrected chi connectivity index (χ2v) is 8.89. The third-order valence-electron chi connectivity index (χ3n) is 4.36. The first kappa shape index (κ1) is 18.6. The predicted molar refractivity (Wildman–Crippen MR) is 97.4 cm³/mol. The summed E-state index contributed by atoms with van der Waals surface area (Å²) in [6.07, 6.45) is 5.23. The van der Waals surface area contributed by atoms with Crippen molar-refractivity contribution in [3.8, 4) is 0 Å². The highest BCUT2D eigenvalue weighted by Gasteiger charge is 2.23. The molecule has 0 unspecified atom stereocenters. The summed E-state index contributed by atoms with van der Waals surface area (Å²) in [7, 11) is -3.50. The molecule has 0 amide bonds. The zero-order chi connectivity index (χ0) is 17.9. The normalized spacial score (nSPS) is 18.9. The van der Waals surface area contributed by atoms with E-state index < -0.39 is 10.0 Å². The Morgan fingerprint density at radius 3 is 2.76 bits per heavy atom. The van der Waals surface area contributed by atoms with Gasteiger partial charge in [0.15, 0.2) is 10.8 Å². The Kier molecular flexibility index (Phi) is 5.98. The number of hydrogen-bond acceptors (Lipinski definition) is 6. The van der Waals surface area contributed by atoms with E-state index in [1.54, 1.807) is 34.5 Å². The highest BCUT2D eigenvalue weighted by atomic mass is 32.2. The Bertz CT molecular complexity index is 812. The van der Waals surface area contributed by atoms with Crippen LogP contribution in [0.3, 0.4) is 0 Å². The number of rotatable bonds is 7. The summed E-state index contributed by atoms with van der Waals surface area (Å²) >= 11 is 1.56. The third-order valence-corrected chi connectivity index (χ3v) is 7.47. The first-order valence-corrected chi connectivity index (χ1v) is 11.1. The van der Waals surface area contributed by atoms with Crippen LogP contribution in [0.2, 0.25) is 0 Å². The number of ether oxygens (including phenoxy) is 1. The molecule has 7 nitrogen and oxygen atoms in total. The van der Waals surface area contributed by atoms with E-state index in [9.17, 15) is 8.42 Å². The van der Waals surface area contributed by atoms with Crippen LogP contribution in [0.25, 0.3) is 5.65 Å². The Hall–Kier alpha value is -1.16. The minimum absolute atomic E-state index is 0.230. The van der Waals surface area contributed by atoms with E-state index in [-0.39, 0.29) is 11.0 Å². The number of sulfonamides is 1. The highest BCUT2D eigenvalue weighted by molar-refractivity contribution is 7.99. The zero-order valence-corrected chi connectivity index (χ0v) is 16.2. The maximum Gasteiger partial charge on any atom is 0.244 e. The minimum atomic E-state index is -3.50. The van der Waals surface area contributed by atoms with E-state index in [0.717, 1.165) is 25.2 Å². The molecule has 1 atom stereocenters. The van der Waals surface area contributed by atoms with E-state index in [2.05, 4.69) is 10.2 Å². The average molecular weight is 385 g/mol. The van der Waals surface area contributed by atoms with Crippen molar-refractivity contribution in [2.75, 3.05) is 25.4 Å². The fourth-order valence-electron chi connectivity index (χ4n) is 2.92. The summed E-state index contributed by atoms with van der Waals surface area (Å²) in [6.45, 7) is 5.38. The molecule has 138 valence electrons. The third kappa shape index (κ3) is 3.99. The number of nitrogens with zero attached hydrogens (tertiary/aromatic N) is 4. The molecule has 1 fully saturated rings. The van der Waals surface area contributed by atoms with Crippen LogP contribution in [0.15, 0.2) is 28.4 Å². The van der Waals surface area contributed by atoms with Gasteiger partial charge in [-0.3, -0.25) is 4.40 Å². The lowest BCUT2D eigenvalue weighted by atomic mass is 10.1. The molecule has 1 saturated heterocycles. The van der Waals surface area contributed by atoms with Gasteiger partial charge in [-0.1, -0.05) is 25.6 Å². The molecule has 1 aliphatic heterocycles. The van der Waals surface area contributed by atoms with E-state index in [1.165, 1.54) is 10.7 Å². The van der Waals surface area contributed by atoms with Crippen molar-refractivity contribution in [1.29, 1.82) is 0 Å². The molecule has 2 aromatic heterocycles. The molecular weight excluding hydrogens is 360 g/mol. The predicted octanol–water partition coefficient (Wildman–Crippen LogP) is 2.42. The van der Waals surface area contributed by atoms with Gasteiger partial charge in [0.25, 0.3) is 0 Å². The largest absolute Gasteiger partial charge is 0.377 e. The summed E-state index contributed by atoms with van der Waals surface area (Å²) in [5.74, 6) is 0.799. The number of pyridine rings is 1. The average Bonchev–Trinajstić information content (AvgIpc) is 3.04. The smallest absolute Gasteiger partial charge is 0.244 e. The van der Waals surface area contributed by atoms with Crippen LogP contribution < -0.4 is 0 Å². The van der Waals surface area contributed by atoms with Gasteiger partial charge in [0, 0.05) is 31.6 Å². The van der Waals surface area contributed by atoms with Gasteiger partial charge in [0.1, 0.15) is 0 Å². The molecule has 9 heteroatoms. The Labute approximate surface area is 152 Å². The minimum Gasteiger partial charge on any atom is -0.377 e. The van der Waals surface area contributed by atoms with Crippen LogP contribution in [0.4, 0.5) is 0 Å². The molecule has 2 aromatic rings. The van der Waals surface area contributed by atoms with Gasteiger partial charge in [-0.15, -0.1) is 10.2 Å². The molecule has 0 aliphatic carbocycles. The highest BCUT2D eigenvalue weighted by Crippen LogP contribution is 2.24. The number of aromatic nitrogens is 3. The van der Waals surface area contributed by atoms with Gasteiger partial charge < -0.3 is 4.74 Å².